The summed E-state index contributed by atoms with van der Waals surface area (Å²) in [6, 6.07) is -3.32. The van der Waals surface area contributed by atoms with E-state index in [1.54, 1.807) is 0 Å². The highest BCUT2D eigenvalue weighted by atomic mass is 31.2. The minimum Gasteiger partial charge on any atom is -0.479 e. The number of unbranched alkanes of at least 4 members (excludes halogenated alkanes) is 1. The first-order valence-corrected chi connectivity index (χ1v) is 26.6. The molecule has 4 saturated heterocycles. The van der Waals surface area contributed by atoms with E-state index in [0.717, 1.165) is 28.1 Å². The number of carboxylic acid groups (broad SMARTS) is 1. The molecule has 4 amide bonds. The molecule has 4 aliphatic heterocycles. The first-order chi connectivity index (χ1) is 38.5. The zero-order chi connectivity index (χ0) is 61.4. The van der Waals surface area contributed by atoms with Gasteiger partial charge in [-0.3, -0.25) is 39.1 Å². The molecule has 82 heavy (non-hydrogen) atoms. The van der Waals surface area contributed by atoms with Crippen molar-refractivity contribution in [3.8, 4) is 0 Å². The second kappa shape index (κ2) is 32.2. The SMILES string of the molecule is CO[C@@H]1OC(CO)[C@@H](O)[C@H](O[C@@H]2OC(C(=O)ONNC(=O)CCCCC(=O)NNOC(=O)COP(=O)(O)OCC[N+](C)(C)C)[C@@H](O[C@@H]3OC(CO)[C@@H](O)[C@H](O[C@@H]4OC(C(=O)O)[C@@H](OC)[C@H](O)C4O)C3NC(C)=O)[C@H](O)C2O)C1NC(C)=O. The third kappa shape index (κ3) is 20.1. The average Bonchev–Trinajstić information content (AvgIpc) is 3.59. The maximum Gasteiger partial charge on any atom is 0.472 e. The number of phosphoric ester groups is 1. The van der Waals surface area contributed by atoms with Crippen LogP contribution in [0.4, 0.5) is 0 Å². The summed E-state index contributed by atoms with van der Waals surface area (Å²) in [6.45, 7) is -0.720. The molecule has 0 aromatic rings. The first kappa shape index (κ1) is 70.1. The number of nitrogens with one attached hydrogen (secondary N) is 6. The molecule has 0 aliphatic carbocycles. The molecule has 38 nitrogen and oxygen atoms in total. The number of carboxylic acids is 1. The molecule has 0 radical (unpaired) electrons. The van der Waals surface area contributed by atoms with E-state index in [4.69, 9.17) is 52.0 Å². The second-order valence-corrected chi connectivity index (χ2v) is 21.2. The van der Waals surface area contributed by atoms with Gasteiger partial charge in [0.25, 0.3) is 0 Å². The lowest BCUT2D eigenvalue weighted by atomic mass is 9.94. The van der Waals surface area contributed by atoms with E-state index < -0.39 is 192 Å². The van der Waals surface area contributed by atoms with Crippen molar-refractivity contribution in [2.75, 3.05) is 68.3 Å². The molecule has 16 N–H and O–H groups in total. The maximum atomic E-state index is 14.0. The Labute approximate surface area is 466 Å². The molecular weight excluding hydrogens is 1140 g/mol. The number of aliphatic hydroxyl groups excluding tert-OH is 8. The van der Waals surface area contributed by atoms with Crippen molar-refractivity contribution in [3.63, 3.8) is 0 Å². The number of phosphoric acid groups is 1. The Morgan fingerprint density at radius 1 is 0.573 bits per heavy atom. The highest BCUT2D eigenvalue weighted by Gasteiger charge is 2.58. The molecular formula is C43H75N7O31P+. The van der Waals surface area contributed by atoms with Crippen molar-refractivity contribution < 1.29 is 155 Å². The Balaban J connectivity index is 1.49. The van der Waals surface area contributed by atoms with Crippen LogP contribution in [0.3, 0.4) is 0 Å². The molecule has 39 heteroatoms. The maximum absolute atomic E-state index is 14.0. The summed E-state index contributed by atoms with van der Waals surface area (Å²) in [4.78, 5) is 107. The normalized spacial score (nSPS) is 34.8. The smallest absolute Gasteiger partial charge is 0.472 e. The van der Waals surface area contributed by atoms with Crippen molar-refractivity contribution in [2.45, 2.75) is 162 Å². The number of aliphatic carboxylic acids is 1. The number of carbonyl (C=O) groups is 7. The Morgan fingerprint density at radius 3 is 1.50 bits per heavy atom. The van der Waals surface area contributed by atoms with Crippen LogP contribution in [0, 0.1) is 0 Å². The molecule has 9 unspecified atom stereocenters. The van der Waals surface area contributed by atoms with Gasteiger partial charge in [0.1, 0.15) is 98.5 Å². The van der Waals surface area contributed by atoms with Gasteiger partial charge in [0.15, 0.2) is 44.0 Å². The number of carbonyl (C=O) groups excluding carboxylic acids is 6. The fraction of sp³-hybridized carbons (Fsp3) is 0.837. The Bertz CT molecular complexity index is 2170. The predicted molar refractivity (Wildman–Crippen MR) is 258 cm³/mol. The number of nitrogens with zero attached hydrogens (tertiary/aromatic N) is 1. The molecule has 0 aromatic heterocycles. The first-order valence-electron chi connectivity index (χ1n) is 25.1. The molecule has 4 aliphatic rings. The molecule has 21 atom stereocenters. The van der Waals surface area contributed by atoms with Crippen LogP contribution in [0.15, 0.2) is 0 Å². The molecule has 472 valence electrons. The van der Waals surface area contributed by atoms with Gasteiger partial charge in [-0.15, -0.1) is 0 Å². The van der Waals surface area contributed by atoms with Crippen LogP contribution >= 0.6 is 7.82 Å². The number of hydrazine groups is 2. The molecule has 4 rings (SSSR count). The number of ether oxygens (including phenoxy) is 9. The minimum absolute atomic E-state index is 0.0110. The van der Waals surface area contributed by atoms with Crippen molar-refractivity contribution in [1.29, 1.82) is 0 Å². The van der Waals surface area contributed by atoms with E-state index in [2.05, 4.69) is 20.0 Å². The predicted octanol–water partition coefficient (Wildman–Crippen LogP) is -9.49. The van der Waals surface area contributed by atoms with Crippen LogP contribution in [0.1, 0.15) is 39.5 Å². The minimum atomic E-state index is -4.60. The van der Waals surface area contributed by atoms with Crippen molar-refractivity contribution >= 4 is 49.4 Å². The molecule has 0 aromatic carbocycles. The number of aliphatic hydroxyl groups is 8. The van der Waals surface area contributed by atoms with E-state index in [-0.39, 0.29) is 32.3 Å². The van der Waals surface area contributed by atoms with E-state index in [9.17, 15) is 89.0 Å². The van der Waals surface area contributed by atoms with Crippen molar-refractivity contribution in [1.82, 2.24) is 32.7 Å². The van der Waals surface area contributed by atoms with Crippen molar-refractivity contribution in [3.05, 3.63) is 0 Å². The molecule has 4 fully saturated rings. The van der Waals surface area contributed by atoms with Crippen LogP contribution < -0.4 is 32.7 Å². The van der Waals surface area contributed by atoms with Gasteiger partial charge >= 0.3 is 25.7 Å². The van der Waals surface area contributed by atoms with Crippen LogP contribution in [0.5, 0.6) is 0 Å². The number of hydrogen-bond acceptors (Lipinski definition) is 31. The number of quaternary nitrogens is 1. The summed E-state index contributed by atoms with van der Waals surface area (Å²) in [6.07, 6.45) is -36.4. The van der Waals surface area contributed by atoms with E-state index in [0.29, 0.717) is 11.0 Å². The molecule has 0 spiro atoms. The lowest BCUT2D eigenvalue weighted by molar-refractivity contribution is -0.870. The van der Waals surface area contributed by atoms with Gasteiger partial charge in [0.2, 0.25) is 23.6 Å². The summed E-state index contributed by atoms with van der Waals surface area (Å²) in [5.41, 5.74) is 7.74. The van der Waals surface area contributed by atoms with Gasteiger partial charge in [-0.2, -0.15) is 0 Å². The third-order valence-electron chi connectivity index (χ3n) is 12.5. The summed E-state index contributed by atoms with van der Waals surface area (Å²) in [5.74, 6) is -7.74. The van der Waals surface area contributed by atoms with Crippen LogP contribution in [-0.4, -0.2) is 288 Å². The molecule has 0 saturated carbocycles. The average molecular weight is 1220 g/mol. The topological polar surface area (TPSA) is 531 Å². The number of amides is 4. The highest BCUT2D eigenvalue weighted by Crippen LogP contribution is 2.43. The fourth-order valence-corrected chi connectivity index (χ4v) is 9.03. The van der Waals surface area contributed by atoms with Gasteiger partial charge in [0, 0.05) is 40.9 Å². The van der Waals surface area contributed by atoms with Crippen LogP contribution in [-0.2, 0) is 99.5 Å². The number of rotatable bonds is 30. The Hall–Kier alpha value is -4.40. The summed E-state index contributed by atoms with van der Waals surface area (Å²) in [5, 5.41) is 103. The highest BCUT2D eigenvalue weighted by molar-refractivity contribution is 7.47. The number of methoxy groups -OCH3 is 2. The Kier molecular flexibility index (Phi) is 27.5. The van der Waals surface area contributed by atoms with Crippen molar-refractivity contribution in [2.24, 2.45) is 0 Å². The second-order valence-electron chi connectivity index (χ2n) is 19.8. The van der Waals surface area contributed by atoms with Gasteiger partial charge < -0.3 is 118 Å². The van der Waals surface area contributed by atoms with Gasteiger partial charge in [-0.05, 0) is 12.8 Å². The Morgan fingerprint density at radius 2 is 1.04 bits per heavy atom. The quantitative estimate of drug-likeness (QED) is 0.0137. The summed E-state index contributed by atoms with van der Waals surface area (Å²) in [7, 11) is 3.00. The van der Waals surface area contributed by atoms with Gasteiger partial charge in [-0.25, -0.2) is 18.9 Å². The zero-order valence-electron chi connectivity index (χ0n) is 45.4. The summed E-state index contributed by atoms with van der Waals surface area (Å²) < 4.78 is 72.2. The monoisotopic (exact) mass is 1220 g/mol. The summed E-state index contributed by atoms with van der Waals surface area (Å²) >= 11 is 0. The third-order valence-corrected chi connectivity index (χ3v) is 13.5. The largest absolute Gasteiger partial charge is 0.479 e. The van der Waals surface area contributed by atoms with Gasteiger partial charge in [0.05, 0.1) is 34.4 Å². The number of hydrogen-bond donors (Lipinski definition) is 16. The van der Waals surface area contributed by atoms with E-state index >= 15 is 0 Å². The van der Waals surface area contributed by atoms with Crippen LogP contribution in [0.25, 0.3) is 0 Å². The van der Waals surface area contributed by atoms with E-state index in [1.807, 2.05) is 43.2 Å². The van der Waals surface area contributed by atoms with Crippen LogP contribution in [0.2, 0.25) is 0 Å². The molecule has 0 bridgehead atoms. The zero-order valence-corrected chi connectivity index (χ0v) is 46.2. The standard InChI is InChI=1S/C43H74N7O31P/c1-17(53)44-24-32(26(58)19(14-51)73-40(24)70-7)75-43-31(63)29(61)35(77-41-25(45-18(2)54)33(27(59)20(15-52)74-41)76-42-30(62)28(60)34(69-6)36(78-42)38(64)65)37(79-43)39(66)81-49-47-22(56)11-9-8-10-21(55)46-48-80-23(57)16-72-82(67,68)71-13-12-50(3,4)5/h19-20,24-37,40-43,48-49,51-52,58-63H,8-16H2,1-7H3,(H5-,44,45,46,47,53,54,55,56,64,65,67,68)/p+1/t19?,20?,24?,25?,26-,27-,28-,29-,30?,31?,32-,33-,34+,35+,36?,37?,40-,41+,42-,43-/m1/s1. The molecule has 4 heterocycles. The lowest BCUT2D eigenvalue weighted by Gasteiger charge is -2.50. The number of likely N-dealkylation sites (N-methyl/N-ethyl adjacent to an activating group) is 1. The van der Waals surface area contributed by atoms with Gasteiger partial charge in [-0.1, -0.05) is 11.2 Å². The lowest BCUT2D eigenvalue weighted by Crippen LogP contribution is -2.71. The van der Waals surface area contributed by atoms with E-state index in [1.165, 1.54) is 0 Å². The fourth-order valence-electron chi connectivity index (χ4n) is 8.38.